The molecule has 0 bridgehead atoms. The first-order valence-corrected chi connectivity index (χ1v) is 29.6. The lowest BCUT2D eigenvalue weighted by Crippen LogP contribution is -2.35. The maximum Gasteiger partial charge on any atom is 0.0561 e. The summed E-state index contributed by atoms with van der Waals surface area (Å²) in [5, 5.41) is 10.1. The van der Waals surface area contributed by atoms with Crippen LogP contribution in [0.4, 0.5) is 11.4 Å². The molecule has 0 aliphatic rings. The highest BCUT2D eigenvalue weighted by Gasteiger charge is 2.29. The van der Waals surface area contributed by atoms with Crippen molar-refractivity contribution < 1.29 is 0 Å². The van der Waals surface area contributed by atoms with Crippen LogP contribution in [0.15, 0.2) is 291 Å². The summed E-state index contributed by atoms with van der Waals surface area (Å²) in [6.07, 6.45) is 1.81. The van der Waals surface area contributed by atoms with Gasteiger partial charge in [-0.25, -0.2) is 0 Å². The largest absolute Gasteiger partial charge is 0.338 e. The van der Waals surface area contributed by atoms with E-state index in [4.69, 9.17) is 0 Å². The van der Waals surface area contributed by atoms with E-state index in [1.165, 1.54) is 110 Å². The topological polar surface area (TPSA) is 23.0 Å². The first kappa shape index (κ1) is 49.5. The van der Waals surface area contributed by atoms with Crippen LogP contribution in [0.5, 0.6) is 0 Å². The minimum Gasteiger partial charge on any atom is -0.338 e. The number of nitrogens with zero attached hydrogens (tertiary/aromatic N) is 5. The van der Waals surface area contributed by atoms with Gasteiger partial charge in [0.1, 0.15) is 0 Å². The Bertz CT molecular complexity index is 4970. The Kier molecular flexibility index (Phi) is 11.9. The van der Waals surface area contributed by atoms with E-state index in [0.29, 0.717) is 0 Å². The van der Waals surface area contributed by atoms with E-state index in [2.05, 4.69) is 328 Å². The molecule has 2 unspecified atom stereocenters. The van der Waals surface area contributed by atoms with Crippen molar-refractivity contribution in [2.45, 2.75) is 38.6 Å². The Morgan fingerprint density at radius 3 is 0.988 bits per heavy atom. The van der Waals surface area contributed by atoms with E-state index in [-0.39, 0.29) is 17.9 Å². The third-order valence-electron chi connectivity index (χ3n) is 18.2. The third kappa shape index (κ3) is 8.13. The minimum absolute atomic E-state index is 0.0501. The summed E-state index contributed by atoms with van der Waals surface area (Å²) in [7, 11) is 0. The maximum atomic E-state index is 2.65. The molecule has 84 heavy (non-hydrogen) atoms. The first-order chi connectivity index (χ1) is 41.5. The van der Waals surface area contributed by atoms with Crippen LogP contribution in [0.25, 0.3) is 110 Å². The number of fused-ring (bicyclic) bond motifs is 12. The van der Waals surface area contributed by atoms with Gasteiger partial charge in [-0.15, -0.1) is 0 Å². The van der Waals surface area contributed by atoms with Gasteiger partial charge in [0.05, 0.1) is 44.1 Å². The lowest BCUT2D eigenvalue weighted by molar-refractivity contribution is 0.402. The van der Waals surface area contributed by atoms with Crippen LogP contribution in [-0.2, 0) is 6.42 Å². The average molecular weight is 1080 g/mol. The number of aromatic nitrogens is 4. The van der Waals surface area contributed by atoms with E-state index in [9.17, 15) is 0 Å². The Morgan fingerprint density at radius 2 is 0.595 bits per heavy atom. The molecule has 0 aliphatic carbocycles. The van der Waals surface area contributed by atoms with Gasteiger partial charge in [-0.3, -0.25) is 0 Å². The molecule has 5 heteroatoms. The van der Waals surface area contributed by atoms with Crippen molar-refractivity contribution in [2.24, 2.45) is 5.92 Å². The van der Waals surface area contributed by atoms with Gasteiger partial charge in [-0.2, -0.15) is 0 Å². The Morgan fingerprint density at radius 1 is 0.286 bits per heavy atom. The zero-order valence-corrected chi connectivity index (χ0v) is 47.1. The summed E-state index contributed by atoms with van der Waals surface area (Å²) in [5.41, 5.74) is 19.3. The molecule has 0 amide bonds. The first-order valence-electron chi connectivity index (χ1n) is 29.6. The Labute approximate surface area is 488 Å². The molecule has 0 radical (unpaired) electrons. The van der Waals surface area contributed by atoms with Gasteiger partial charge in [0.15, 0.2) is 0 Å². The highest BCUT2D eigenvalue weighted by atomic mass is 15.2. The van der Waals surface area contributed by atoms with Crippen LogP contribution in [0.3, 0.4) is 0 Å². The van der Waals surface area contributed by atoms with E-state index in [1.54, 1.807) is 0 Å². The van der Waals surface area contributed by atoms with E-state index >= 15 is 0 Å². The van der Waals surface area contributed by atoms with Crippen LogP contribution in [-0.4, -0.2) is 24.3 Å². The summed E-state index contributed by atoms with van der Waals surface area (Å²) in [6, 6.07) is 108. The standard InChI is InChI=1S/C79H61N5/c1-53(47-57(56-40-44-69-65-32-16-20-36-73(65)82(77(69)50-56)59-25-9-4-10-26-59)48-55-39-43-68-64-31-15-19-35-72(64)81(76(68)49-55)58-23-7-3-8-24-58)54(2)80(62-41-45-70-66-33-17-21-37-74(66)83(78(70)51-62)60-27-11-5-12-28-60)63-42-46-71-67-34-18-22-38-75(67)84(79(71)52-63)61-29-13-6-14-30-61/h3-46,49-54,57H,47-48H2,1-2H3/t53-,54?,57?/m0/s1. The molecule has 16 aromatic rings. The third-order valence-corrected chi connectivity index (χ3v) is 18.2. The summed E-state index contributed by atoms with van der Waals surface area (Å²) in [5.74, 6) is 0.366. The van der Waals surface area contributed by atoms with Gasteiger partial charge >= 0.3 is 0 Å². The van der Waals surface area contributed by atoms with Crippen LogP contribution in [0.1, 0.15) is 37.3 Å². The van der Waals surface area contributed by atoms with E-state index in [0.717, 1.165) is 35.6 Å². The normalized spacial score (nSPS) is 13.1. The number of para-hydroxylation sites is 8. The molecular weight excluding hydrogens is 1020 g/mol. The molecule has 0 saturated carbocycles. The van der Waals surface area contributed by atoms with Crippen molar-refractivity contribution in [3.05, 3.63) is 302 Å². The SMILES string of the molecule is CC([C@@H](C)CC(Cc1ccc2c3ccccc3n(-c3ccccc3)c2c1)c1ccc2c3ccccc3n(-c3ccccc3)c2c1)N(c1ccc2c3ccccc3n(-c3ccccc3)c2c1)c1ccc2c3ccccc3n(-c3ccccc3)c2c1. The van der Waals surface area contributed by atoms with Gasteiger partial charge in [-0.05, 0) is 152 Å². The van der Waals surface area contributed by atoms with Crippen molar-refractivity contribution in [1.82, 2.24) is 18.3 Å². The van der Waals surface area contributed by atoms with Crippen LogP contribution in [0, 0.1) is 5.92 Å². The molecule has 0 spiro atoms. The van der Waals surface area contributed by atoms with Gasteiger partial charge in [-0.1, -0.05) is 189 Å². The molecular formula is C79H61N5. The number of benzene rings is 12. The molecule has 3 atom stereocenters. The Hall–Kier alpha value is -10.4. The zero-order chi connectivity index (χ0) is 55.8. The fraction of sp³-hybridized carbons (Fsp3) is 0.0886. The van der Waals surface area contributed by atoms with Crippen molar-refractivity contribution in [1.29, 1.82) is 0 Å². The maximum absolute atomic E-state index is 2.65. The van der Waals surface area contributed by atoms with Crippen LogP contribution < -0.4 is 4.90 Å². The van der Waals surface area contributed by atoms with Gasteiger partial charge in [0.2, 0.25) is 0 Å². The summed E-state index contributed by atoms with van der Waals surface area (Å²) < 4.78 is 9.83. The number of hydrogen-bond donors (Lipinski definition) is 0. The molecule has 402 valence electrons. The van der Waals surface area contributed by atoms with Crippen LogP contribution >= 0.6 is 0 Å². The lowest BCUT2D eigenvalue weighted by atomic mass is 9.81. The molecule has 5 nitrogen and oxygen atoms in total. The Balaban J connectivity index is 0.878. The second-order valence-electron chi connectivity index (χ2n) is 23.0. The molecule has 0 N–H and O–H groups in total. The number of hydrogen-bond acceptors (Lipinski definition) is 1. The van der Waals surface area contributed by atoms with E-state index < -0.39 is 0 Å². The predicted molar refractivity (Wildman–Crippen MR) is 355 cm³/mol. The van der Waals surface area contributed by atoms with E-state index in [1.807, 2.05) is 0 Å². The zero-order valence-electron chi connectivity index (χ0n) is 47.1. The van der Waals surface area contributed by atoms with Crippen molar-refractivity contribution in [3.63, 3.8) is 0 Å². The minimum atomic E-state index is 0.0501. The summed E-state index contributed by atoms with van der Waals surface area (Å²) >= 11 is 0. The quantitative estimate of drug-likeness (QED) is 0.113. The fourth-order valence-corrected chi connectivity index (χ4v) is 14.2. The van der Waals surface area contributed by atoms with Crippen molar-refractivity contribution in [2.75, 3.05) is 4.90 Å². The molecule has 0 aliphatic heterocycles. The monoisotopic (exact) mass is 1080 g/mol. The summed E-state index contributed by atoms with van der Waals surface area (Å²) in [6.45, 7) is 4.97. The number of rotatable bonds is 13. The molecule has 0 saturated heterocycles. The van der Waals surface area contributed by atoms with Gasteiger partial charge in [0, 0.05) is 83.3 Å². The van der Waals surface area contributed by atoms with Gasteiger partial charge < -0.3 is 23.2 Å². The number of anilines is 2. The smallest absolute Gasteiger partial charge is 0.0561 e. The fourth-order valence-electron chi connectivity index (χ4n) is 14.2. The second-order valence-corrected chi connectivity index (χ2v) is 23.0. The lowest BCUT2D eigenvalue weighted by Gasteiger charge is -2.37. The predicted octanol–water partition coefficient (Wildman–Crippen LogP) is 20.7. The molecule has 4 heterocycles. The van der Waals surface area contributed by atoms with Crippen molar-refractivity contribution >= 4 is 98.6 Å². The highest BCUT2D eigenvalue weighted by Crippen LogP contribution is 2.44. The van der Waals surface area contributed by atoms with Gasteiger partial charge in [0.25, 0.3) is 0 Å². The molecule has 12 aromatic carbocycles. The summed E-state index contributed by atoms with van der Waals surface area (Å²) in [4.78, 5) is 2.65. The molecule has 4 aromatic heterocycles. The van der Waals surface area contributed by atoms with Crippen molar-refractivity contribution in [3.8, 4) is 22.7 Å². The highest BCUT2D eigenvalue weighted by molar-refractivity contribution is 6.13. The molecule has 0 fully saturated rings. The molecule has 16 rings (SSSR count). The van der Waals surface area contributed by atoms with Crippen LogP contribution in [0.2, 0.25) is 0 Å². The average Bonchev–Trinajstić information content (AvgIpc) is 3.86. The second kappa shape index (κ2) is 20.3.